The molecule has 0 spiro atoms. The number of hydrogen-bond donors (Lipinski definition) is 1. The van der Waals surface area contributed by atoms with Crippen LogP contribution in [-0.4, -0.2) is 24.0 Å². The van der Waals surface area contributed by atoms with Crippen molar-refractivity contribution in [1.82, 2.24) is 14.3 Å². The first kappa shape index (κ1) is 20.3. The average molecular weight is 434 g/mol. The monoisotopic (exact) mass is 433 g/mol. The van der Waals surface area contributed by atoms with Crippen molar-refractivity contribution in [3.05, 3.63) is 47.2 Å². The van der Waals surface area contributed by atoms with Crippen molar-refractivity contribution in [3.8, 4) is 22.0 Å². The summed E-state index contributed by atoms with van der Waals surface area (Å²) in [6.45, 7) is 1.81. The number of rotatable bonds is 5. The van der Waals surface area contributed by atoms with Gasteiger partial charge in [0.15, 0.2) is 0 Å². The van der Waals surface area contributed by atoms with Crippen LogP contribution in [0.15, 0.2) is 40.6 Å². The second-order valence-corrected chi connectivity index (χ2v) is 10.1. The Bertz CT molecular complexity index is 1110. The van der Waals surface area contributed by atoms with E-state index >= 15 is 0 Å². The Morgan fingerprint density at radius 1 is 1.17 bits per heavy atom. The van der Waals surface area contributed by atoms with Gasteiger partial charge in [0.2, 0.25) is 10.0 Å². The standard InChI is InChI=1S/C21H24FN3O2S2/c1-14-20(29(26,27)24-17-6-4-3-5-7-17)12-19(25(14)2)21-23-18(13-28-21)15-8-10-16(22)11-9-15/h8-13,17,24H,3-7H2,1-2H3. The van der Waals surface area contributed by atoms with Gasteiger partial charge in [-0.3, -0.25) is 0 Å². The van der Waals surface area contributed by atoms with Crippen molar-refractivity contribution in [3.63, 3.8) is 0 Å². The first-order valence-electron chi connectivity index (χ1n) is 9.75. The number of nitrogens with zero attached hydrogens (tertiary/aromatic N) is 2. The summed E-state index contributed by atoms with van der Waals surface area (Å²) in [5, 5.41) is 2.63. The van der Waals surface area contributed by atoms with Crippen molar-refractivity contribution < 1.29 is 12.8 Å². The highest BCUT2D eigenvalue weighted by molar-refractivity contribution is 7.89. The van der Waals surface area contributed by atoms with Crippen LogP contribution in [-0.2, 0) is 17.1 Å². The van der Waals surface area contributed by atoms with Crippen molar-refractivity contribution >= 4 is 21.4 Å². The van der Waals surface area contributed by atoms with E-state index in [1.165, 1.54) is 29.9 Å². The maximum absolute atomic E-state index is 13.2. The minimum Gasteiger partial charge on any atom is -0.345 e. The minimum atomic E-state index is -3.59. The van der Waals surface area contributed by atoms with Gasteiger partial charge in [-0.2, -0.15) is 0 Å². The van der Waals surface area contributed by atoms with Crippen LogP contribution < -0.4 is 4.72 Å². The maximum Gasteiger partial charge on any atom is 0.242 e. The van der Waals surface area contributed by atoms with E-state index in [2.05, 4.69) is 9.71 Å². The molecule has 5 nitrogen and oxygen atoms in total. The summed E-state index contributed by atoms with van der Waals surface area (Å²) < 4.78 is 43.9. The number of aromatic nitrogens is 2. The molecule has 29 heavy (non-hydrogen) atoms. The van der Waals surface area contributed by atoms with Gasteiger partial charge in [0.1, 0.15) is 15.7 Å². The molecule has 0 aliphatic heterocycles. The summed E-state index contributed by atoms with van der Waals surface area (Å²) in [6.07, 6.45) is 5.10. The summed E-state index contributed by atoms with van der Waals surface area (Å²) in [5.41, 5.74) is 3.01. The van der Waals surface area contributed by atoms with Crippen LogP contribution in [0.1, 0.15) is 37.8 Å². The smallest absolute Gasteiger partial charge is 0.242 e. The largest absolute Gasteiger partial charge is 0.345 e. The fourth-order valence-electron chi connectivity index (χ4n) is 3.80. The molecule has 0 atom stereocenters. The van der Waals surface area contributed by atoms with E-state index in [0.717, 1.165) is 47.6 Å². The molecule has 0 amide bonds. The zero-order chi connectivity index (χ0) is 20.6. The van der Waals surface area contributed by atoms with Crippen molar-refractivity contribution in [2.75, 3.05) is 0 Å². The lowest BCUT2D eigenvalue weighted by molar-refractivity contribution is 0.412. The highest BCUT2D eigenvalue weighted by Gasteiger charge is 2.27. The third-order valence-electron chi connectivity index (χ3n) is 5.57. The van der Waals surface area contributed by atoms with E-state index < -0.39 is 10.0 Å². The fourth-order valence-corrected chi connectivity index (χ4v) is 6.27. The number of halogens is 1. The Labute approximate surface area is 174 Å². The van der Waals surface area contributed by atoms with E-state index in [4.69, 9.17) is 0 Å². The Kier molecular flexibility index (Phi) is 5.59. The average Bonchev–Trinajstić information content (AvgIpc) is 3.29. The lowest BCUT2D eigenvalue weighted by Gasteiger charge is -2.22. The van der Waals surface area contributed by atoms with E-state index in [1.807, 2.05) is 23.9 Å². The third-order valence-corrected chi connectivity index (χ3v) is 8.07. The molecule has 154 valence electrons. The molecule has 1 aliphatic carbocycles. The molecule has 1 aromatic carbocycles. The SMILES string of the molecule is Cc1c(S(=O)(=O)NC2CCCCC2)cc(-c2nc(-c3ccc(F)cc3)cs2)n1C. The number of nitrogens with one attached hydrogen (secondary N) is 1. The van der Waals surface area contributed by atoms with Gasteiger partial charge in [0.25, 0.3) is 0 Å². The predicted molar refractivity (Wildman–Crippen MR) is 114 cm³/mol. The Morgan fingerprint density at radius 2 is 1.86 bits per heavy atom. The van der Waals surface area contributed by atoms with Crippen LogP contribution in [0.25, 0.3) is 22.0 Å². The van der Waals surface area contributed by atoms with Gasteiger partial charge >= 0.3 is 0 Å². The van der Waals surface area contributed by atoms with Crippen LogP contribution in [0, 0.1) is 12.7 Å². The maximum atomic E-state index is 13.2. The first-order chi connectivity index (χ1) is 13.8. The molecule has 2 aromatic heterocycles. The molecule has 2 heterocycles. The zero-order valence-corrected chi connectivity index (χ0v) is 18.1. The highest BCUT2D eigenvalue weighted by atomic mass is 32.2. The Hall–Kier alpha value is -2.03. The predicted octanol–water partition coefficient (Wildman–Crippen LogP) is 4.87. The van der Waals surface area contributed by atoms with Crippen LogP contribution in [0.2, 0.25) is 0 Å². The fraction of sp³-hybridized carbons (Fsp3) is 0.381. The Balaban J connectivity index is 1.64. The third kappa shape index (κ3) is 4.15. The molecule has 0 unspecified atom stereocenters. The van der Waals surface area contributed by atoms with Crippen LogP contribution >= 0.6 is 11.3 Å². The summed E-state index contributed by atoms with van der Waals surface area (Å²) in [4.78, 5) is 4.96. The van der Waals surface area contributed by atoms with Gasteiger partial charge in [-0.15, -0.1) is 11.3 Å². The van der Waals surface area contributed by atoms with Crippen molar-refractivity contribution in [1.29, 1.82) is 0 Å². The van der Waals surface area contributed by atoms with Crippen LogP contribution in [0.3, 0.4) is 0 Å². The zero-order valence-electron chi connectivity index (χ0n) is 16.5. The lowest BCUT2D eigenvalue weighted by atomic mass is 9.96. The molecule has 1 aliphatic rings. The van der Waals surface area contributed by atoms with E-state index in [-0.39, 0.29) is 11.9 Å². The summed E-state index contributed by atoms with van der Waals surface area (Å²) in [7, 11) is -1.74. The molecule has 0 bridgehead atoms. The quantitative estimate of drug-likeness (QED) is 0.624. The van der Waals surface area contributed by atoms with Crippen LogP contribution in [0.4, 0.5) is 4.39 Å². The molecule has 0 radical (unpaired) electrons. The Morgan fingerprint density at radius 3 is 2.55 bits per heavy atom. The summed E-state index contributed by atoms with van der Waals surface area (Å²) >= 11 is 1.44. The number of thiazole rings is 1. The van der Waals surface area contributed by atoms with Crippen LogP contribution in [0.5, 0.6) is 0 Å². The minimum absolute atomic E-state index is 0.0155. The highest BCUT2D eigenvalue weighted by Crippen LogP contribution is 2.33. The van der Waals surface area contributed by atoms with Crippen molar-refractivity contribution in [2.45, 2.75) is 50.0 Å². The normalized spacial score (nSPS) is 15.7. The number of hydrogen-bond acceptors (Lipinski definition) is 4. The van der Waals surface area contributed by atoms with Gasteiger partial charge in [0.05, 0.1) is 11.4 Å². The second-order valence-electron chi connectivity index (χ2n) is 7.54. The molecule has 1 N–H and O–H groups in total. The molecule has 8 heteroatoms. The molecule has 3 aromatic rings. The van der Waals surface area contributed by atoms with Gasteiger partial charge < -0.3 is 4.57 Å². The number of benzene rings is 1. The summed E-state index contributed by atoms with van der Waals surface area (Å²) in [6, 6.07) is 7.91. The van der Waals surface area contributed by atoms with Gasteiger partial charge in [0, 0.05) is 29.7 Å². The summed E-state index contributed by atoms with van der Waals surface area (Å²) in [5.74, 6) is -0.289. The topological polar surface area (TPSA) is 64.0 Å². The lowest BCUT2D eigenvalue weighted by Crippen LogP contribution is -2.36. The number of sulfonamides is 1. The van der Waals surface area contributed by atoms with Gasteiger partial charge in [-0.1, -0.05) is 19.3 Å². The first-order valence-corrected chi connectivity index (χ1v) is 12.1. The molecule has 1 saturated carbocycles. The van der Waals surface area contributed by atoms with Gasteiger partial charge in [-0.05, 0) is 50.1 Å². The molecule has 1 fully saturated rings. The van der Waals surface area contributed by atoms with Gasteiger partial charge in [-0.25, -0.2) is 22.5 Å². The molecular weight excluding hydrogens is 409 g/mol. The molecule has 4 rings (SSSR count). The van der Waals surface area contributed by atoms with Crippen molar-refractivity contribution in [2.24, 2.45) is 7.05 Å². The van der Waals surface area contributed by atoms with E-state index in [1.54, 1.807) is 18.2 Å². The second kappa shape index (κ2) is 8.01. The van der Waals surface area contributed by atoms with E-state index in [0.29, 0.717) is 10.6 Å². The molecular formula is C21H24FN3O2S2. The molecule has 0 saturated heterocycles. The van der Waals surface area contributed by atoms with E-state index in [9.17, 15) is 12.8 Å².